The van der Waals surface area contributed by atoms with Crippen LogP contribution in [0.25, 0.3) is 0 Å². The summed E-state index contributed by atoms with van der Waals surface area (Å²) in [6.45, 7) is 7.36. The second kappa shape index (κ2) is 11.0. The molecule has 2 rings (SSSR count). The van der Waals surface area contributed by atoms with E-state index in [9.17, 15) is 4.79 Å². The van der Waals surface area contributed by atoms with Gasteiger partial charge in [0.1, 0.15) is 0 Å². The maximum Gasteiger partial charge on any atom is 0.329 e. The Labute approximate surface area is 173 Å². The summed E-state index contributed by atoms with van der Waals surface area (Å²) in [5, 5.41) is 8.73. The minimum atomic E-state index is -0.170. The standard InChI is InChI=1S/C21H33N5OS/c1-6-8-13-25(5)18-15-16(3)10-11-17(18)26(19(22-4)9-7-2)21(27)24-20-23-12-14-28-20/h10-12,14-15,19,22H,6-9,13H2,1-5H3,(H,23,24,27). The molecule has 1 aromatic carbocycles. The van der Waals surface area contributed by atoms with Gasteiger partial charge in [0.15, 0.2) is 5.13 Å². The lowest BCUT2D eigenvalue weighted by atomic mass is 10.1. The van der Waals surface area contributed by atoms with Gasteiger partial charge in [0.05, 0.1) is 17.5 Å². The number of aryl methyl sites for hydroxylation is 1. The highest BCUT2D eigenvalue weighted by molar-refractivity contribution is 7.13. The number of anilines is 3. The minimum absolute atomic E-state index is 0.106. The van der Waals surface area contributed by atoms with E-state index in [-0.39, 0.29) is 12.2 Å². The monoisotopic (exact) mass is 403 g/mol. The molecule has 1 atom stereocenters. The van der Waals surface area contributed by atoms with Crippen LogP contribution in [0.4, 0.5) is 21.3 Å². The highest BCUT2D eigenvalue weighted by atomic mass is 32.1. The fourth-order valence-electron chi connectivity index (χ4n) is 3.19. The Bertz CT molecular complexity index is 734. The van der Waals surface area contributed by atoms with Crippen LogP contribution >= 0.6 is 11.3 Å². The maximum absolute atomic E-state index is 13.3. The van der Waals surface area contributed by atoms with Gasteiger partial charge < -0.3 is 4.90 Å². The first kappa shape index (κ1) is 22.2. The van der Waals surface area contributed by atoms with Gasteiger partial charge in [-0.15, -0.1) is 11.3 Å². The third-order valence-electron chi connectivity index (χ3n) is 4.72. The van der Waals surface area contributed by atoms with E-state index >= 15 is 0 Å². The summed E-state index contributed by atoms with van der Waals surface area (Å²) in [6.07, 6.45) is 5.66. The summed E-state index contributed by atoms with van der Waals surface area (Å²) >= 11 is 1.42. The van der Waals surface area contributed by atoms with E-state index in [4.69, 9.17) is 0 Å². The molecule has 0 aliphatic carbocycles. The number of thiazole rings is 1. The highest BCUT2D eigenvalue weighted by Gasteiger charge is 2.27. The molecule has 28 heavy (non-hydrogen) atoms. The van der Waals surface area contributed by atoms with E-state index in [2.05, 4.69) is 66.5 Å². The second-order valence-corrected chi connectivity index (χ2v) is 7.89. The number of unbranched alkanes of at least 4 members (excludes halogenated alkanes) is 1. The molecule has 0 saturated carbocycles. The van der Waals surface area contributed by atoms with Gasteiger partial charge in [-0.1, -0.05) is 32.8 Å². The summed E-state index contributed by atoms with van der Waals surface area (Å²) in [7, 11) is 4.00. The molecule has 0 fully saturated rings. The van der Waals surface area contributed by atoms with Gasteiger partial charge in [0, 0.05) is 25.2 Å². The number of carbonyl (C=O) groups excluding carboxylic acids is 1. The number of hydrogen-bond donors (Lipinski definition) is 2. The first-order valence-corrected chi connectivity index (χ1v) is 10.9. The Morgan fingerprint density at radius 1 is 1.25 bits per heavy atom. The summed E-state index contributed by atoms with van der Waals surface area (Å²) in [5.74, 6) is 0. The lowest BCUT2D eigenvalue weighted by molar-refractivity contribution is 0.253. The number of hydrogen-bond acceptors (Lipinski definition) is 5. The summed E-state index contributed by atoms with van der Waals surface area (Å²) in [5.41, 5.74) is 3.16. The van der Waals surface area contributed by atoms with Crippen LogP contribution in [0.1, 0.15) is 45.1 Å². The molecule has 0 aliphatic rings. The predicted octanol–water partition coefficient (Wildman–Crippen LogP) is 5.07. The Morgan fingerprint density at radius 2 is 2.04 bits per heavy atom. The lowest BCUT2D eigenvalue weighted by Gasteiger charge is -2.35. The molecule has 0 spiro atoms. The topological polar surface area (TPSA) is 60.5 Å². The molecule has 6 nitrogen and oxygen atoms in total. The molecule has 0 bridgehead atoms. The van der Waals surface area contributed by atoms with Crippen molar-refractivity contribution < 1.29 is 4.79 Å². The Morgan fingerprint density at radius 3 is 2.64 bits per heavy atom. The SMILES string of the molecule is CCCCN(C)c1cc(C)ccc1N(C(=O)Nc1nccs1)C(CCC)NC. The first-order valence-electron chi connectivity index (χ1n) is 10.0. The number of amides is 2. The average molecular weight is 404 g/mol. The number of urea groups is 1. The largest absolute Gasteiger partial charge is 0.373 e. The lowest BCUT2D eigenvalue weighted by Crippen LogP contribution is -2.50. The van der Waals surface area contributed by atoms with Gasteiger partial charge in [-0.25, -0.2) is 9.78 Å². The first-order chi connectivity index (χ1) is 13.5. The fourth-order valence-corrected chi connectivity index (χ4v) is 3.71. The number of carbonyl (C=O) groups is 1. The molecule has 154 valence electrons. The van der Waals surface area contributed by atoms with Crippen molar-refractivity contribution in [1.82, 2.24) is 10.3 Å². The second-order valence-electron chi connectivity index (χ2n) is 7.00. The van der Waals surface area contributed by atoms with Gasteiger partial charge in [-0.3, -0.25) is 15.5 Å². The van der Waals surface area contributed by atoms with E-state index in [1.54, 1.807) is 6.20 Å². The minimum Gasteiger partial charge on any atom is -0.373 e. The van der Waals surface area contributed by atoms with Crippen LogP contribution in [0, 0.1) is 6.92 Å². The van der Waals surface area contributed by atoms with Crippen molar-refractivity contribution in [3.05, 3.63) is 35.3 Å². The van der Waals surface area contributed by atoms with Crippen molar-refractivity contribution in [2.24, 2.45) is 0 Å². The molecule has 1 unspecified atom stereocenters. The molecular weight excluding hydrogens is 370 g/mol. The average Bonchev–Trinajstić information content (AvgIpc) is 3.19. The number of aromatic nitrogens is 1. The third-order valence-corrected chi connectivity index (χ3v) is 5.41. The van der Waals surface area contributed by atoms with Crippen molar-refractivity contribution in [3.8, 4) is 0 Å². The molecule has 2 amide bonds. The summed E-state index contributed by atoms with van der Waals surface area (Å²) in [4.78, 5) is 21.6. The van der Waals surface area contributed by atoms with Crippen LogP contribution in [0.5, 0.6) is 0 Å². The molecule has 1 aromatic heterocycles. The van der Waals surface area contributed by atoms with Gasteiger partial charge in [0.25, 0.3) is 0 Å². The number of nitrogens with zero attached hydrogens (tertiary/aromatic N) is 3. The Balaban J connectivity index is 2.45. The predicted molar refractivity (Wildman–Crippen MR) is 121 cm³/mol. The number of nitrogens with one attached hydrogen (secondary N) is 2. The van der Waals surface area contributed by atoms with Crippen molar-refractivity contribution in [2.45, 2.75) is 52.6 Å². The van der Waals surface area contributed by atoms with Crippen LogP contribution in [-0.2, 0) is 0 Å². The number of rotatable bonds is 10. The molecular formula is C21H33N5OS. The summed E-state index contributed by atoms with van der Waals surface area (Å²) < 4.78 is 0. The Kier molecular flexibility index (Phi) is 8.73. The molecule has 2 aromatic rings. The van der Waals surface area contributed by atoms with Gasteiger partial charge in [0.2, 0.25) is 0 Å². The van der Waals surface area contributed by atoms with Gasteiger partial charge in [-0.05, 0) is 44.5 Å². The van der Waals surface area contributed by atoms with E-state index in [0.717, 1.165) is 43.6 Å². The Hall–Kier alpha value is -2.12. The molecule has 0 aliphatic heterocycles. The number of benzene rings is 1. The fraction of sp³-hybridized carbons (Fsp3) is 0.524. The quantitative estimate of drug-likeness (QED) is 0.544. The van der Waals surface area contributed by atoms with Gasteiger partial charge in [-0.2, -0.15) is 0 Å². The molecule has 0 radical (unpaired) electrons. The normalized spacial score (nSPS) is 11.9. The van der Waals surface area contributed by atoms with Crippen molar-refractivity contribution in [1.29, 1.82) is 0 Å². The molecule has 1 heterocycles. The zero-order chi connectivity index (χ0) is 20.5. The van der Waals surface area contributed by atoms with Crippen LogP contribution in [0.2, 0.25) is 0 Å². The van der Waals surface area contributed by atoms with Crippen LogP contribution < -0.4 is 20.4 Å². The van der Waals surface area contributed by atoms with E-state index < -0.39 is 0 Å². The molecule has 2 N–H and O–H groups in total. The maximum atomic E-state index is 13.3. The smallest absolute Gasteiger partial charge is 0.329 e. The summed E-state index contributed by atoms with van der Waals surface area (Å²) in [6, 6.07) is 6.10. The van der Waals surface area contributed by atoms with E-state index in [1.807, 2.05) is 17.3 Å². The van der Waals surface area contributed by atoms with Gasteiger partial charge >= 0.3 is 6.03 Å². The van der Waals surface area contributed by atoms with Crippen LogP contribution in [-0.4, -0.2) is 37.8 Å². The van der Waals surface area contributed by atoms with Crippen LogP contribution in [0.15, 0.2) is 29.8 Å². The molecule has 7 heteroatoms. The molecule has 0 saturated heterocycles. The zero-order valence-corrected chi connectivity index (χ0v) is 18.5. The highest BCUT2D eigenvalue weighted by Crippen LogP contribution is 2.32. The van der Waals surface area contributed by atoms with E-state index in [1.165, 1.54) is 16.9 Å². The van der Waals surface area contributed by atoms with Crippen molar-refractivity contribution in [2.75, 3.05) is 35.8 Å². The zero-order valence-electron chi connectivity index (χ0n) is 17.7. The van der Waals surface area contributed by atoms with E-state index in [0.29, 0.717) is 5.13 Å². The van der Waals surface area contributed by atoms with Crippen LogP contribution in [0.3, 0.4) is 0 Å². The van der Waals surface area contributed by atoms with Crippen molar-refractivity contribution in [3.63, 3.8) is 0 Å². The third kappa shape index (κ3) is 5.69. The van der Waals surface area contributed by atoms with Crippen molar-refractivity contribution >= 4 is 33.9 Å².